The van der Waals surface area contributed by atoms with Crippen molar-refractivity contribution in [3.63, 3.8) is 0 Å². The van der Waals surface area contributed by atoms with Gasteiger partial charge in [-0.1, -0.05) is 30.7 Å². The Labute approximate surface area is 195 Å². The fourth-order valence-corrected chi connectivity index (χ4v) is 3.20. The number of benzene rings is 2. The Morgan fingerprint density at radius 1 is 1.10 bits per heavy atom. The summed E-state index contributed by atoms with van der Waals surface area (Å²) >= 11 is 0. The van der Waals surface area contributed by atoms with E-state index in [2.05, 4.69) is 33.1 Å². The highest BCUT2D eigenvalue weighted by atomic mass is 127. The number of anilines is 1. The molecule has 7 heteroatoms. The molecule has 0 aliphatic heterocycles. The van der Waals surface area contributed by atoms with E-state index < -0.39 is 0 Å². The van der Waals surface area contributed by atoms with E-state index in [4.69, 9.17) is 4.74 Å². The number of ether oxygens (including phenoxy) is 1. The number of halogens is 1. The molecule has 1 aliphatic rings. The average Bonchev–Trinajstić information content (AvgIpc) is 2.70. The molecule has 2 aromatic rings. The summed E-state index contributed by atoms with van der Waals surface area (Å²) in [5.74, 6) is 1.94. The molecular formula is C23H31IN4O2. The number of hydrogen-bond donors (Lipinski definition) is 3. The third-order valence-electron chi connectivity index (χ3n) is 5.22. The first-order chi connectivity index (χ1) is 14.2. The molecule has 0 atom stereocenters. The number of rotatable bonds is 8. The summed E-state index contributed by atoms with van der Waals surface area (Å²) in [5.41, 5.74) is 3.18. The van der Waals surface area contributed by atoms with Gasteiger partial charge < -0.3 is 20.7 Å². The van der Waals surface area contributed by atoms with Gasteiger partial charge in [-0.05, 0) is 54.7 Å². The van der Waals surface area contributed by atoms with Gasteiger partial charge in [0.1, 0.15) is 5.75 Å². The van der Waals surface area contributed by atoms with Crippen molar-refractivity contribution in [2.75, 3.05) is 26.0 Å². The summed E-state index contributed by atoms with van der Waals surface area (Å²) in [5, 5.41) is 9.68. The Bertz CT molecular complexity index is 835. The van der Waals surface area contributed by atoms with Crippen LogP contribution in [-0.2, 0) is 17.8 Å². The van der Waals surface area contributed by atoms with Crippen molar-refractivity contribution >= 4 is 41.5 Å². The molecule has 1 saturated carbocycles. The van der Waals surface area contributed by atoms with Crippen LogP contribution in [0.25, 0.3) is 0 Å². The van der Waals surface area contributed by atoms with Crippen molar-refractivity contribution in [1.82, 2.24) is 10.6 Å². The molecule has 0 radical (unpaired) electrons. The first-order valence-corrected chi connectivity index (χ1v) is 10.1. The highest BCUT2D eigenvalue weighted by Gasteiger charge is 2.25. The van der Waals surface area contributed by atoms with Crippen molar-refractivity contribution in [2.45, 2.75) is 32.2 Å². The predicted octanol–water partition coefficient (Wildman–Crippen LogP) is 3.96. The third-order valence-corrected chi connectivity index (χ3v) is 5.22. The lowest BCUT2D eigenvalue weighted by atomic mass is 9.85. The van der Waals surface area contributed by atoms with Gasteiger partial charge in [-0.15, -0.1) is 24.0 Å². The van der Waals surface area contributed by atoms with E-state index in [0.717, 1.165) is 55.2 Å². The number of carbonyl (C=O) groups is 1. The van der Waals surface area contributed by atoms with Gasteiger partial charge >= 0.3 is 0 Å². The Hall–Kier alpha value is -2.29. The van der Waals surface area contributed by atoms with Crippen LogP contribution in [0, 0.1) is 5.92 Å². The van der Waals surface area contributed by atoms with Crippen LogP contribution in [0.3, 0.4) is 0 Å². The molecule has 3 rings (SSSR count). The first-order valence-electron chi connectivity index (χ1n) is 10.1. The molecule has 1 fully saturated rings. The summed E-state index contributed by atoms with van der Waals surface area (Å²) in [6, 6.07) is 16.0. The third kappa shape index (κ3) is 7.19. The van der Waals surface area contributed by atoms with Crippen LogP contribution in [-0.4, -0.2) is 32.6 Å². The Morgan fingerprint density at radius 3 is 2.50 bits per heavy atom. The fraction of sp³-hybridized carbons (Fsp3) is 0.391. The minimum Gasteiger partial charge on any atom is -0.497 e. The number of carbonyl (C=O) groups excluding carboxylic acids is 1. The van der Waals surface area contributed by atoms with Gasteiger partial charge in [-0.3, -0.25) is 9.79 Å². The minimum atomic E-state index is 0. The van der Waals surface area contributed by atoms with E-state index in [1.54, 1.807) is 14.2 Å². The normalized spacial score (nSPS) is 13.6. The monoisotopic (exact) mass is 522 g/mol. The van der Waals surface area contributed by atoms with E-state index in [9.17, 15) is 4.79 Å². The number of hydrogen-bond acceptors (Lipinski definition) is 3. The Kier molecular flexibility index (Phi) is 9.93. The maximum atomic E-state index is 12.1. The van der Waals surface area contributed by atoms with E-state index in [-0.39, 0.29) is 35.8 Å². The second kappa shape index (κ2) is 12.4. The Morgan fingerprint density at radius 2 is 1.87 bits per heavy atom. The molecule has 1 aliphatic carbocycles. The van der Waals surface area contributed by atoms with Gasteiger partial charge in [0.25, 0.3) is 0 Å². The molecule has 0 saturated heterocycles. The minimum absolute atomic E-state index is 0. The van der Waals surface area contributed by atoms with Crippen LogP contribution >= 0.6 is 24.0 Å². The van der Waals surface area contributed by atoms with E-state index >= 15 is 0 Å². The van der Waals surface area contributed by atoms with E-state index in [1.165, 1.54) is 5.56 Å². The number of aliphatic imine (C=N–C) groups is 1. The molecule has 0 aromatic heterocycles. The molecular weight excluding hydrogens is 491 g/mol. The molecule has 3 N–H and O–H groups in total. The van der Waals surface area contributed by atoms with Crippen LogP contribution in [0.15, 0.2) is 53.5 Å². The molecule has 0 spiro atoms. The largest absolute Gasteiger partial charge is 0.497 e. The fourth-order valence-electron chi connectivity index (χ4n) is 3.20. The molecule has 0 bridgehead atoms. The van der Waals surface area contributed by atoms with Gasteiger partial charge in [0, 0.05) is 31.7 Å². The summed E-state index contributed by atoms with van der Waals surface area (Å²) in [6.45, 7) is 1.42. The van der Waals surface area contributed by atoms with Crippen molar-refractivity contribution < 1.29 is 9.53 Å². The van der Waals surface area contributed by atoms with Gasteiger partial charge in [0.2, 0.25) is 5.91 Å². The smallest absolute Gasteiger partial charge is 0.227 e. The molecule has 0 unspecified atom stereocenters. The molecule has 30 heavy (non-hydrogen) atoms. The van der Waals surface area contributed by atoms with Crippen molar-refractivity contribution in [1.29, 1.82) is 0 Å². The zero-order valence-electron chi connectivity index (χ0n) is 17.6. The van der Waals surface area contributed by atoms with Gasteiger partial charge in [-0.2, -0.15) is 0 Å². The summed E-state index contributed by atoms with van der Waals surface area (Å²) in [6.07, 6.45) is 4.07. The maximum Gasteiger partial charge on any atom is 0.227 e. The quantitative estimate of drug-likeness (QED) is 0.279. The van der Waals surface area contributed by atoms with E-state index in [0.29, 0.717) is 6.54 Å². The summed E-state index contributed by atoms with van der Waals surface area (Å²) in [4.78, 5) is 16.4. The number of nitrogens with zero attached hydrogens (tertiary/aromatic N) is 1. The molecule has 0 heterocycles. The molecule has 162 valence electrons. The van der Waals surface area contributed by atoms with Gasteiger partial charge in [-0.25, -0.2) is 0 Å². The van der Waals surface area contributed by atoms with Crippen LogP contribution in [0.2, 0.25) is 0 Å². The van der Waals surface area contributed by atoms with Crippen molar-refractivity contribution in [2.24, 2.45) is 10.9 Å². The van der Waals surface area contributed by atoms with Crippen LogP contribution in [0.1, 0.15) is 30.4 Å². The SMILES string of the molecule is CN=C(NCCc1ccc(OC)cc1)NCc1cccc(NC(=O)C2CCC2)c1.I. The van der Waals surface area contributed by atoms with E-state index in [1.807, 2.05) is 36.4 Å². The number of amides is 1. The highest BCUT2D eigenvalue weighted by molar-refractivity contribution is 14.0. The molecule has 1 amide bonds. The maximum absolute atomic E-state index is 12.1. The van der Waals surface area contributed by atoms with Gasteiger partial charge in [0.05, 0.1) is 7.11 Å². The standard InChI is InChI=1S/C23H30N4O2.HI/c1-24-23(25-14-13-17-9-11-21(29-2)12-10-17)26-16-18-5-3-8-20(15-18)27-22(28)19-6-4-7-19;/h3,5,8-12,15,19H,4,6-7,13-14,16H2,1-2H3,(H,27,28)(H2,24,25,26);1H. The highest BCUT2D eigenvalue weighted by Crippen LogP contribution is 2.27. The zero-order valence-corrected chi connectivity index (χ0v) is 19.9. The lowest BCUT2D eigenvalue weighted by Gasteiger charge is -2.24. The van der Waals surface area contributed by atoms with Crippen LogP contribution in [0.4, 0.5) is 5.69 Å². The lowest BCUT2D eigenvalue weighted by molar-refractivity contribution is -0.122. The lowest BCUT2D eigenvalue weighted by Crippen LogP contribution is -2.37. The summed E-state index contributed by atoms with van der Waals surface area (Å²) < 4.78 is 5.19. The van der Waals surface area contributed by atoms with Crippen molar-refractivity contribution in [3.8, 4) is 5.75 Å². The molecule has 2 aromatic carbocycles. The number of guanidine groups is 1. The second-order valence-corrected chi connectivity index (χ2v) is 7.27. The average molecular weight is 522 g/mol. The second-order valence-electron chi connectivity index (χ2n) is 7.27. The topological polar surface area (TPSA) is 74.8 Å². The number of methoxy groups -OCH3 is 1. The Balaban J connectivity index is 0.00000320. The van der Waals surface area contributed by atoms with Crippen LogP contribution in [0.5, 0.6) is 5.75 Å². The molecule has 6 nitrogen and oxygen atoms in total. The van der Waals surface area contributed by atoms with Gasteiger partial charge in [0.15, 0.2) is 5.96 Å². The van der Waals surface area contributed by atoms with Crippen LogP contribution < -0.4 is 20.7 Å². The number of nitrogens with one attached hydrogen (secondary N) is 3. The first kappa shape index (κ1) is 24.0. The predicted molar refractivity (Wildman–Crippen MR) is 133 cm³/mol. The van der Waals surface area contributed by atoms with Crippen molar-refractivity contribution in [3.05, 3.63) is 59.7 Å². The summed E-state index contributed by atoms with van der Waals surface area (Å²) in [7, 11) is 3.43. The zero-order chi connectivity index (χ0) is 20.5.